The van der Waals surface area contributed by atoms with Crippen molar-refractivity contribution in [1.29, 1.82) is 0 Å². The van der Waals surface area contributed by atoms with Crippen LogP contribution >= 0.6 is 0 Å². The molecule has 21 heteroatoms. The van der Waals surface area contributed by atoms with Gasteiger partial charge in [0, 0.05) is 63.7 Å². The zero-order valence-corrected chi connectivity index (χ0v) is 47.7. The lowest BCUT2D eigenvalue weighted by molar-refractivity contribution is -0.369. The summed E-state index contributed by atoms with van der Waals surface area (Å²) in [4.78, 5) is 14.6. The first-order valence-electron chi connectivity index (χ1n) is 31.6. The van der Waals surface area contributed by atoms with Gasteiger partial charge in [-0.05, 0) is 73.8 Å². The molecule has 17 aliphatic rings. The Balaban J connectivity index is 0.633. The summed E-state index contributed by atoms with van der Waals surface area (Å²) in [6, 6.07) is 0. The molecule has 0 aliphatic carbocycles. The van der Waals surface area contributed by atoms with E-state index in [1.165, 1.54) is 0 Å². The number of carbonyl (C=O) groups excluding carboxylic acids is 1. The standard InChI is InChI=1S/C61H86O21/c1-25-13-31-7-9-35-26(2)14-33(67-35)11-12-60-57(65)61(66)56(82-60)55-54(81-61)53(80-60)52-36(72-55)10-8-32(69-52)15-47(64)75-51-30(6)50-43(71-42(51)16-37(68-31)29(25)5)19-41-45(74-50)22-59(76-41)23-46-49(79-59)28(4)21-58(78-46)20-27(3)48-44(77-58)18-39-40(73-48)17-38(70-39)34(63)24-62/h25,27-28,30-46,48-57,62-63,65-66H,2,5,7-24H2,1,3-4,6H3/t25-,27+,28+,30+,31?,32?,33?,34?,35?,36?,37?,38?,39?,40?,41-,42+,43+,44?,45-,46?,48?,49?,50+,51-,52+,53?,54?,55-,56?,57?,58-,59+,60-,61?/m1/s1. The predicted molar refractivity (Wildman–Crippen MR) is 279 cm³/mol. The van der Waals surface area contributed by atoms with Crippen molar-refractivity contribution < 1.29 is 101 Å². The third kappa shape index (κ3) is 8.87. The van der Waals surface area contributed by atoms with Crippen LogP contribution in [-0.2, 0) is 80.6 Å². The van der Waals surface area contributed by atoms with Crippen molar-refractivity contribution in [1.82, 2.24) is 0 Å². The molecule has 4 N–H and O–H groups in total. The quantitative estimate of drug-likeness (QED) is 0.228. The van der Waals surface area contributed by atoms with E-state index in [1.54, 1.807) is 0 Å². The smallest absolute Gasteiger partial charge is 0.308 e. The molecule has 456 valence electrons. The molecular formula is C61H86O21. The molecule has 0 saturated carbocycles. The summed E-state index contributed by atoms with van der Waals surface area (Å²) in [5.41, 5.74) is 2.01. The Morgan fingerprint density at radius 3 is 2.06 bits per heavy atom. The van der Waals surface area contributed by atoms with Gasteiger partial charge in [0.2, 0.25) is 11.6 Å². The van der Waals surface area contributed by atoms with Crippen LogP contribution in [0.5, 0.6) is 0 Å². The van der Waals surface area contributed by atoms with Crippen LogP contribution in [0.25, 0.3) is 0 Å². The van der Waals surface area contributed by atoms with Crippen LogP contribution in [0.4, 0.5) is 0 Å². The lowest BCUT2D eigenvalue weighted by Gasteiger charge is -2.54. The first-order chi connectivity index (χ1) is 39.3. The normalized spacial score (nSPS) is 59.6. The molecule has 17 heterocycles. The second-order valence-electron chi connectivity index (χ2n) is 28.4. The van der Waals surface area contributed by atoms with Crippen LogP contribution < -0.4 is 0 Å². The predicted octanol–water partition coefficient (Wildman–Crippen LogP) is 3.62. The number of rotatable bonds is 2. The highest BCUT2D eigenvalue weighted by Gasteiger charge is 2.79. The molecule has 0 radical (unpaired) electrons. The molecular weight excluding hydrogens is 1070 g/mol. The van der Waals surface area contributed by atoms with Gasteiger partial charge in [0.1, 0.15) is 42.7 Å². The summed E-state index contributed by atoms with van der Waals surface area (Å²) in [6.07, 6.45) is -3.21. The Kier molecular flexibility index (Phi) is 13.6. The maximum Gasteiger partial charge on any atom is 0.308 e. The molecule has 0 aromatic rings. The van der Waals surface area contributed by atoms with E-state index in [2.05, 4.69) is 40.9 Å². The van der Waals surface area contributed by atoms with Crippen molar-refractivity contribution in [3.05, 3.63) is 24.3 Å². The zero-order valence-electron chi connectivity index (χ0n) is 47.7. The van der Waals surface area contributed by atoms with E-state index >= 15 is 0 Å². The zero-order chi connectivity index (χ0) is 56.1. The number of aliphatic hydroxyl groups excluding tert-OH is 3. The average Bonchev–Trinajstić information content (AvgIpc) is 1.91. The van der Waals surface area contributed by atoms with Crippen LogP contribution in [-0.4, -0.2) is 215 Å². The highest BCUT2D eigenvalue weighted by atomic mass is 16.8. The Labute approximate surface area is 478 Å². The van der Waals surface area contributed by atoms with E-state index in [4.69, 9.17) is 75.8 Å². The van der Waals surface area contributed by atoms with Gasteiger partial charge < -0.3 is 96.2 Å². The maximum atomic E-state index is 14.6. The van der Waals surface area contributed by atoms with Gasteiger partial charge >= 0.3 is 5.97 Å². The van der Waals surface area contributed by atoms with E-state index in [-0.39, 0.29) is 122 Å². The topological polar surface area (TPSA) is 246 Å². The van der Waals surface area contributed by atoms with Gasteiger partial charge in [-0.2, -0.15) is 0 Å². The van der Waals surface area contributed by atoms with Crippen molar-refractivity contribution in [2.45, 2.75) is 319 Å². The van der Waals surface area contributed by atoms with Gasteiger partial charge in [-0.1, -0.05) is 40.9 Å². The van der Waals surface area contributed by atoms with E-state index in [0.29, 0.717) is 83.5 Å². The minimum Gasteiger partial charge on any atom is -0.459 e. The van der Waals surface area contributed by atoms with Gasteiger partial charge in [0.05, 0.1) is 123 Å². The Hall–Kier alpha value is -1.81. The second kappa shape index (κ2) is 20.1. The largest absolute Gasteiger partial charge is 0.459 e. The molecule has 3 spiro atoms. The fourth-order valence-corrected chi connectivity index (χ4v) is 18.9. The van der Waals surface area contributed by atoms with Gasteiger partial charge in [-0.3, -0.25) is 4.79 Å². The van der Waals surface area contributed by atoms with Gasteiger partial charge in [0.15, 0.2) is 17.7 Å². The fraction of sp³-hybridized carbons (Fsp3) is 0.918. The Bertz CT molecular complexity index is 2500. The second-order valence-corrected chi connectivity index (χ2v) is 28.4. The van der Waals surface area contributed by atoms with Crippen molar-refractivity contribution in [2.75, 3.05) is 6.61 Å². The lowest BCUT2D eigenvalue weighted by Crippen LogP contribution is -2.63. The SMILES string of the molecule is C=C1CC2CC[C@@]34OC5C6OC(O)(C(O3)[C@@H]6OC3CCC(CC(=O)O[C@@H]6[C@@H](C)[C@@H]7O[C@@H]8C[C@]9(CC%10O[C@]%11(C[C@H](C)C%12OC%13CC(C(O)CO)OC%13CC%12O%11)C[C@H](C)C%10O9)O[C@@H]8C[C@@H]7O[C@H]6CC6OC(CCC1O2)C[C@@H](C)C6=C)O[C@@H]35)C4O. The molecule has 0 aromatic carbocycles. The molecule has 0 amide bonds. The third-order valence-electron chi connectivity index (χ3n) is 22.9. The van der Waals surface area contributed by atoms with Crippen LogP contribution in [0.3, 0.4) is 0 Å². The number of hydrogen-bond donors (Lipinski definition) is 4. The van der Waals surface area contributed by atoms with Crippen LogP contribution in [0.1, 0.15) is 137 Å². The molecule has 17 rings (SSSR count). The number of ether oxygens (including phenoxy) is 16. The van der Waals surface area contributed by atoms with Crippen molar-refractivity contribution in [3.63, 3.8) is 0 Å². The highest BCUT2D eigenvalue weighted by molar-refractivity contribution is 5.70. The minimum atomic E-state index is -2.03. The molecule has 82 heavy (non-hydrogen) atoms. The third-order valence-corrected chi connectivity index (χ3v) is 22.9. The molecule has 12 bridgehead atoms. The highest BCUT2D eigenvalue weighted by Crippen LogP contribution is 2.60. The number of carbonyl (C=O) groups is 1. The first-order valence-corrected chi connectivity index (χ1v) is 31.6. The summed E-state index contributed by atoms with van der Waals surface area (Å²) < 4.78 is 109. The minimum absolute atomic E-state index is 0.0316. The molecule has 21 nitrogen and oxygen atoms in total. The van der Waals surface area contributed by atoms with Crippen LogP contribution in [0.15, 0.2) is 24.3 Å². The molecule has 0 aromatic heterocycles. The van der Waals surface area contributed by atoms with Gasteiger partial charge in [-0.15, -0.1) is 0 Å². The van der Waals surface area contributed by atoms with Gasteiger partial charge in [-0.25, -0.2) is 0 Å². The lowest BCUT2D eigenvalue weighted by atomic mass is 9.78. The Morgan fingerprint density at radius 2 is 1.22 bits per heavy atom. The number of aliphatic hydroxyl groups is 4. The van der Waals surface area contributed by atoms with E-state index in [1.807, 2.05) is 0 Å². The van der Waals surface area contributed by atoms with Crippen molar-refractivity contribution >= 4 is 5.97 Å². The summed E-state index contributed by atoms with van der Waals surface area (Å²) in [5.74, 6) is -5.68. The molecule has 17 fully saturated rings. The number of fused-ring (bicyclic) bond motifs is 11. The number of hydrogen-bond acceptors (Lipinski definition) is 21. The molecule has 34 atom stereocenters. The Morgan fingerprint density at radius 1 is 0.537 bits per heavy atom. The van der Waals surface area contributed by atoms with E-state index in [9.17, 15) is 25.2 Å². The summed E-state index contributed by atoms with van der Waals surface area (Å²) in [5, 5.41) is 43.8. The molecule has 19 unspecified atom stereocenters. The van der Waals surface area contributed by atoms with E-state index in [0.717, 1.165) is 24.0 Å². The first kappa shape index (κ1) is 55.5. The summed E-state index contributed by atoms with van der Waals surface area (Å²) in [7, 11) is 0. The maximum absolute atomic E-state index is 14.6. The van der Waals surface area contributed by atoms with Gasteiger partial charge in [0.25, 0.3) is 0 Å². The van der Waals surface area contributed by atoms with Crippen molar-refractivity contribution in [3.8, 4) is 0 Å². The molecule has 17 aliphatic heterocycles. The monoisotopic (exact) mass is 1150 g/mol. The number of esters is 1. The molecule has 17 saturated heterocycles. The van der Waals surface area contributed by atoms with Crippen molar-refractivity contribution in [2.24, 2.45) is 23.7 Å². The summed E-state index contributed by atoms with van der Waals surface area (Å²) in [6.45, 7) is 17.4. The van der Waals surface area contributed by atoms with Crippen LogP contribution in [0.2, 0.25) is 0 Å². The average molecular weight is 1160 g/mol. The fourth-order valence-electron chi connectivity index (χ4n) is 18.9. The van der Waals surface area contributed by atoms with E-state index < -0.39 is 108 Å². The van der Waals surface area contributed by atoms with Crippen LogP contribution in [0, 0.1) is 23.7 Å². The summed E-state index contributed by atoms with van der Waals surface area (Å²) >= 11 is 0.